The third kappa shape index (κ3) is 5.49. The molecule has 3 aromatic rings. The summed E-state index contributed by atoms with van der Waals surface area (Å²) in [6.45, 7) is 1.21. The summed E-state index contributed by atoms with van der Waals surface area (Å²) in [5.74, 6) is -0.953. The number of aromatic nitrogens is 1. The first kappa shape index (κ1) is 28.2. The van der Waals surface area contributed by atoms with Gasteiger partial charge in [-0.1, -0.05) is 29.8 Å². The lowest BCUT2D eigenvalue weighted by Crippen LogP contribution is -2.51. The van der Waals surface area contributed by atoms with Crippen LogP contribution in [0.2, 0.25) is 5.02 Å². The number of anilines is 2. The zero-order valence-electron chi connectivity index (χ0n) is 20.5. The summed E-state index contributed by atoms with van der Waals surface area (Å²) in [5, 5.41) is 8.54. The molecule has 1 saturated carbocycles. The van der Waals surface area contributed by atoms with E-state index in [1.54, 1.807) is 6.07 Å². The highest BCUT2D eigenvalue weighted by atomic mass is 35.5. The monoisotopic (exact) mass is 584 g/mol. The Morgan fingerprint density at radius 2 is 1.97 bits per heavy atom. The molecule has 1 aliphatic carbocycles. The van der Waals surface area contributed by atoms with Crippen molar-refractivity contribution in [2.75, 3.05) is 29.8 Å². The van der Waals surface area contributed by atoms with Crippen LogP contribution in [0.5, 0.6) is 0 Å². The first-order valence-electron chi connectivity index (χ1n) is 11.8. The molecule has 1 aromatic heterocycles. The zero-order valence-corrected chi connectivity index (χ0v) is 22.9. The van der Waals surface area contributed by atoms with Gasteiger partial charge in [-0.25, -0.2) is 22.2 Å². The Hall–Kier alpha value is -2.80. The average Bonchev–Trinajstić information content (AvgIpc) is 3.53. The Morgan fingerprint density at radius 1 is 1.26 bits per heavy atom. The van der Waals surface area contributed by atoms with Crippen LogP contribution in [-0.2, 0) is 20.4 Å². The minimum absolute atomic E-state index is 0.0201. The van der Waals surface area contributed by atoms with Gasteiger partial charge in [-0.2, -0.15) is 0 Å². The number of hydrogen-bond acceptors (Lipinski definition) is 7. The third-order valence-corrected chi connectivity index (χ3v) is 9.47. The van der Waals surface area contributed by atoms with Crippen molar-refractivity contribution in [1.29, 1.82) is 0 Å². The minimum Gasteiger partial charge on any atom is -0.483 e. The van der Waals surface area contributed by atoms with E-state index in [-0.39, 0.29) is 34.7 Å². The Morgan fingerprint density at radius 3 is 2.58 bits per heavy atom. The molecule has 0 unspecified atom stereocenters. The van der Waals surface area contributed by atoms with Gasteiger partial charge in [-0.05, 0) is 37.8 Å². The molecule has 1 aliphatic heterocycles. The summed E-state index contributed by atoms with van der Waals surface area (Å²) < 4.78 is 57.3. The SMILES string of the molecule is CN(c1cc(F)c(S(=O)(=O)Nc2cscn2)cc1Cl)[C@H]1CCN(C2(c3ccccc3F)CCC2)C1.O=CO. The third-order valence-electron chi connectivity index (χ3n) is 7.21. The molecule has 2 N–H and O–H groups in total. The molecule has 13 heteroatoms. The number of benzene rings is 2. The van der Waals surface area contributed by atoms with E-state index in [0.717, 1.165) is 49.9 Å². The molecule has 1 saturated heterocycles. The van der Waals surface area contributed by atoms with Crippen molar-refractivity contribution >= 4 is 50.9 Å². The maximum absolute atomic E-state index is 15.0. The maximum Gasteiger partial charge on any atom is 0.290 e. The summed E-state index contributed by atoms with van der Waals surface area (Å²) in [5.41, 5.74) is 2.32. The van der Waals surface area contributed by atoms with Crippen molar-refractivity contribution < 1.29 is 27.1 Å². The fraction of sp³-hybridized carbons (Fsp3) is 0.360. The van der Waals surface area contributed by atoms with Gasteiger partial charge in [0.2, 0.25) is 0 Å². The van der Waals surface area contributed by atoms with Gasteiger partial charge in [-0.15, -0.1) is 11.3 Å². The van der Waals surface area contributed by atoms with Gasteiger partial charge < -0.3 is 10.0 Å². The zero-order chi connectivity index (χ0) is 27.5. The number of nitrogens with one attached hydrogen (secondary N) is 1. The van der Waals surface area contributed by atoms with E-state index in [1.807, 2.05) is 24.1 Å². The molecule has 5 rings (SSSR count). The lowest BCUT2D eigenvalue weighted by molar-refractivity contribution is -0.122. The van der Waals surface area contributed by atoms with Crippen LogP contribution < -0.4 is 9.62 Å². The van der Waals surface area contributed by atoms with Crippen LogP contribution in [0.15, 0.2) is 52.2 Å². The average molecular weight is 585 g/mol. The van der Waals surface area contributed by atoms with Crippen LogP contribution in [0.4, 0.5) is 20.3 Å². The largest absolute Gasteiger partial charge is 0.483 e. The van der Waals surface area contributed by atoms with Gasteiger partial charge in [0.15, 0.2) is 5.82 Å². The molecule has 2 fully saturated rings. The first-order valence-corrected chi connectivity index (χ1v) is 14.6. The molecular weight excluding hydrogens is 558 g/mol. The summed E-state index contributed by atoms with van der Waals surface area (Å²) in [6.07, 6.45) is 3.65. The van der Waals surface area contributed by atoms with Crippen LogP contribution >= 0.6 is 22.9 Å². The summed E-state index contributed by atoms with van der Waals surface area (Å²) in [7, 11) is -2.36. The topological polar surface area (TPSA) is 103 Å². The van der Waals surface area contributed by atoms with Crippen LogP contribution in [-0.4, -0.2) is 56.1 Å². The first-order chi connectivity index (χ1) is 18.1. The van der Waals surface area contributed by atoms with E-state index in [9.17, 15) is 12.8 Å². The quantitative estimate of drug-likeness (QED) is 0.370. The molecule has 2 aliphatic rings. The number of halogens is 3. The Balaban J connectivity index is 0.00000107. The molecule has 2 aromatic carbocycles. The number of likely N-dealkylation sites (tertiary alicyclic amines) is 1. The number of carboxylic acid groups (broad SMARTS) is 1. The normalized spacial score (nSPS) is 18.7. The molecule has 8 nitrogen and oxygen atoms in total. The van der Waals surface area contributed by atoms with Crippen molar-refractivity contribution in [2.45, 2.75) is 42.2 Å². The van der Waals surface area contributed by atoms with E-state index in [1.165, 1.54) is 28.3 Å². The Kier molecular flexibility index (Phi) is 8.55. The van der Waals surface area contributed by atoms with Gasteiger partial charge in [0.05, 0.1) is 16.2 Å². The van der Waals surface area contributed by atoms with E-state index in [0.29, 0.717) is 12.2 Å². The Bertz CT molecular complexity index is 1390. The Labute approximate surface area is 228 Å². The number of carbonyl (C=O) groups is 1. The number of likely N-dealkylation sites (N-methyl/N-ethyl adjacent to an activating group) is 1. The second kappa shape index (κ2) is 11.5. The van der Waals surface area contributed by atoms with E-state index >= 15 is 4.39 Å². The van der Waals surface area contributed by atoms with Gasteiger partial charge in [-0.3, -0.25) is 14.4 Å². The van der Waals surface area contributed by atoms with Crippen LogP contribution in [0.1, 0.15) is 31.2 Å². The highest BCUT2D eigenvalue weighted by Gasteiger charge is 2.48. The van der Waals surface area contributed by atoms with E-state index < -0.39 is 20.7 Å². The van der Waals surface area contributed by atoms with Crippen molar-refractivity contribution in [3.63, 3.8) is 0 Å². The lowest BCUT2D eigenvalue weighted by Gasteiger charge is -2.49. The molecule has 38 heavy (non-hydrogen) atoms. The highest BCUT2D eigenvalue weighted by Crippen LogP contribution is 2.49. The van der Waals surface area contributed by atoms with E-state index in [4.69, 9.17) is 21.5 Å². The molecule has 0 spiro atoms. The van der Waals surface area contributed by atoms with Crippen LogP contribution in [0.3, 0.4) is 0 Å². The van der Waals surface area contributed by atoms with Crippen LogP contribution in [0, 0.1) is 11.6 Å². The fourth-order valence-corrected chi connectivity index (χ4v) is 7.21. The van der Waals surface area contributed by atoms with Crippen molar-refractivity contribution in [3.05, 3.63) is 69.5 Å². The van der Waals surface area contributed by atoms with Gasteiger partial charge in [0.1, 0.15) is 16.5 Å². The standard InChI is InChI=1S/C24H25ClF2N4O2S2.CH2O2/c1-30(16-7-10-31(13-16)24(8-4-9-24)17-5-2-3-6-19(17)26)21-12-20(27)22(11-18(21)25)35(32,33)29-23-14-34-15-28-23;2-1-3/h2-3,5-6,11-12,14-16,29H,4,7-10,13H2,1H3;1H,(H,2,3)/t16-;/m0./s1. The van der Waals surface area contributed by atoms with Crippen LogP contribution in [0.25, 0.3) is 0 Å². The predicted molar refractivity (Wildman–Crippen MR) is 143 cm³/mol. The van der Waals surface area contributed by atoms with Gasteiger partial charge in [0, 0.05) is 48.7 Å². The van der Waals surface area contributed by atoms with Crippen molar-refractivity contribution in [1.82, 2.24) is 9.88 Å². The summed E-state index contributed by atoms with van der Waals surface area (Å²) in [4.78, 5) is 15.9. The smallest absolute Gasteiger partial charge is 0.290 e. The number of rotatable bonds is 7. The van der Waals surface area contributed by atoms with Gasteiger partial charge in [0.25, 0.3) is 16.5 Å². The van der Waals surface area contributed by atoms with E-state index in [2.05, 4.69) is 14.6 Å². The molecule has 0 radical (unpaired) electrons. The number of nitrogens with zero attached hydrogens (tertiary/aromatic N) is 3. The molecule has 0 amide bonds. The maximum atomic E-state index is 15.0. The fourth-order valence-electron chi connectivity index (χ4n) is 5.20. The molecule has 2 heterocycles. The second-order valence-electron chi connectivity index (χ2n) is 9.18. The van der Waals surface area contributed by atoms with Crippen molar-refractivity contribution in [2.24, 2.45) is 0 Å². The number of thiazole rings is 1. The highest BCUT2D eigenvalue weighted by molar-refractivity contribution is 7.92. The predicted octanol–water partition coefficient (Wildman–Crippen LogP) is 5.17. The lowest BCUT2D eigenvalue weighted by atomic mass is 9.70. The number of hydrogen-bond donors (Lipinski definition) is 2. The number of sulfonamides is 1. The van der Waals surface area contributed by atoms with Crippen molar-refractivity contribution in [3.8, 4) is 0 Å². The molecule has 204 valence electrons. The molecular formula is C25H27ClF2N4O4S2. The second-order valence-corrected chi connectivity index (χ2v) is 12.0. The molecule has 1 atom stereocenters. The minimum atomic E-state index is -4.18. The molecule has 0 bridgehead atoms. The van der Waals surface area contributed by atoms with Gasteiger partial charge >= 0.3 is 0 Å². The summed E-state index contributed by atoms with van der Waals surface area (Å²) in [6, 6.07) is 9.28. The summed E-state index contributed by atoms with van der Waals surface area (Å²) >= 11 is 7.69.